The first kappa shape index (κ1) is 34.9. The summed E-state index contributed by atoms with van der Waals surface area (Å²) in [6.45, 7) is 13.3. The maximum atomic E-state index is 15.5. The quantitative estimate of drug-likeness (QED) is 0.107. The minimum atomic E-state index is -4.58. The van der Waals surface area contributed by atoms with E-state index in [2.05, 4.69) is 65.8 Å². The highest BCUT2D eigenvalue weighted by molar-refractivity contribution is 7.92. The fourth-order valence-electron chi connectivity index (χ4n) is 4.00. The second-order valence-electron chi connectivity index (χ2n) is 12.7. The molecule has 0 amide bonds. The van der Waals surface area contributed by atoms with Gasteiger partial charge in [0.2, 0.25) is 5.88 Å². The zero-order chi connectivity index (χ0) is 33.9. The van der Waals surface area contributed by atoms with Crippen molar-refractivity contribution in [3.63, 3.8) is 0 Å². The lowest BCUT2D eigenvalue weighted by molar-refractivity contribution is 0.0812. The van der Waals surface area contributed by atoms with E-state index in [1.165, 1.54) is 6.20 Å². The Morgan fingerprint density at radius 1 is 1.02 bits per heavy atom. The molecule has 46 heavy (non-hydrogen) atoms. The molecule has 4 aromatic rings. The highest BCUT2D eigenvalue weighted by Crippen LogP contribution is 2.29. The summed E-state index contributed by atoms with van der Waals surface area (Å²) in [7, 11) is -6.47. The molecule has 246 valence electrons. The molecule has 0 fully saturated rings. The van der Waals surface area contributed by atoms with Crippen LogP contribution in [0.4, 0.5) is 18.9 Å². The number of anilines is 1. The van der Waals surface area contributed by atoms with E-state index in [4.69, 9.17) is 14.2 Å². The van der Waals surface area contributed by atoms with E-state index in [0.29, 0.717) is 29.4 Å². The van der Waals surface area contributed by atoms with Crippen molar-refractivity contribution in [3.8, 4) is 23.1 Å². The summed E-state index contributed by atoms with van der Waals surface area (Å²) in [5.74, 6) is -0.205. The number of hydrogen-bond acceptors (Lipinski definition) is 8. The predicted octanol–water partition coefficient (Wildman–Crippen LogP) is 6.17. The van der Waals surface area contributed by atoms with E-state index in [-0.39, 0.29) is 12.5 Å². The van der Waals surface area contributed by atoms with Crippen molar-refractivity contribution in [1.29, 1.82) is 0 Å². The smallest absolute Gasteiger partial charge is 0.267 e. The molecule has 0 saturated carbocycles. The summed E-state index contributed by atoms with van der Waals surface area (Å²) in [5.41, 5.74) is 3.14. The zero-order valence-corrected chi connectivity index (χ0v) is 29.5. The molecule has 1 aromatic carbocycles. The highest BCUT2D eigenvalue weighted by atomic mass is 32.2. The average molecular weight is 692 g/mol. The van der Waals surface area contributed by atoms with Gasteiger partial charge in [0, 0.05) is 20.7 Å². The zero-order valence-electron chi connectivity index (χ0n) is 26.7. The first-order chi connectivity index (χ1) is 21.5. The van der Waals surface area contributed by atoms with Crippen molar-refractivity contribution in [2.24, 2.45) is 0 Å². The maximum absolute atomic E-state index is 15.5. The molecule has 0 atom stereocenters. The number of nitrogens with zero attached hydrogens (tertiary/aromatic N) is 4. The van der Waals surface area contributed by atoms with Crippen LogP contribution in [0.2, 0.25) is 45.3 Å². The molecule has 0 bridgehead atoms. The topological polar surface area (TPSA) is 117 Å². The van der Waals surface area contributed by atoms with Gasteiger partial charge in [-0.2, -0.15) is 5.10 Å². The van der Waals surface area contributed by atoms with Crippen LogP contribution < -0.4 is 14.2 Å². The van der Waals surface area contributed by atoms with E-state index in [0.717, 1.165) is 31.5 Å². The molecule has 0 radical (unpaired) electrons. The minimum Gasteiger partial charge on any atom is -0.487 e. The lowest BCUT2D eigenvalue weighted by atomic mass is 10.2. The van der Waals surface area contributed by atoms with Crippen molar-refractivity contribution < 1.29 is 35.8 Å². The van der Waals surface area contributed by atoms with Crippen molar-refractivity contribution in [3.05, 3.63) is 65.4 Å². The molecular formula is C30H36F3N5O5SSi2. The number of sulfonamides is 1. The molecule has 3 aromatic heterocycles. The summed E-state index contributed by atoms with van der Waals surface area (Å²) in [4.78, 5) is 7.40. The number of aromatic nitrogens is 4. The normalized spacial score (nSPS) is 12.1. The Kier molecular flexibility index (Phi) is 10.5. The summed E-state index contributed by atoms with van der Waals surface area (Å²) < 4.78 is 90.0. The molecule has 0 aliphatic carbocycles. The van der Waals surface area contributed by atoms with Gasteiger partial charge >= 0.3 is 0 Å². The molecule has 0 saturated heterocycles. The number of halogens is 3. The Morgan fingerprint density at radius 2 is 1.76 bits per heavy atom. The Balaban J connectivity index is 1.60. The average Bonchev–Trinajstić information content (AvgIpc) is 3.31. The molecule has 0 aliphatic rings. The van der Waals surface area contributed by atoms with Crippen LogP contribution in [0.1, 0.15) is 11.3 Å². The highest BCUT2D eigenvalue weighted by Gasteiger charge is 2.25. The van der Waals surface area contributed by atoms with Crippen molar-refractivity contribution in [2.75, 3.05) is 18.4 Å². The molecule has 4 rings (SSSR count). The Labute approximate surface area is 268 Å². The fourth-order valence-corrected chi connectivity index (χ4v) is 6.44. The Morgan fingerprint density at radius 3 is 2.43 bits per heavy atom. The number of benzene rings is 1. The summed E-state index contributed by atoms with van der Waals surface area (Å²) in [6, 6.07) is 5.09. The number of fused-ring (bicyclic) bond motifs is 1. The van der Waals surface area contributed by atoms with E-state index in [1.807, 2.05) is 4.72 Å². The summed E-state index contributed by atoms with van der Waals surface area (Å²) in [5, 5.41) is 5.19. The molecule has 1 N–H and O–H groups in total. The minimum absolute atomic E-state index is 0.180. The first-order valence-electron chi connectivity index (χ1n) is 14.3. The second-order valence-corrected chi connectivity index (χ2v) is 24.7. The van der Waals surface area contributed by atoms with Crippen molar-refractivity contribution in [1.82, 2.24) is 19.7 Å². The van der Waals surface area contributed by atoms with Gasteiger partial charge in [0.15, 0.2) is 16.4 Å². The second kappa shape index (κ2) is 13.8. The number of nitrogens with one attached hydrogen (secondary N) is 1. The largest absolute Gasteiger partial charge is 0.487 e. The van der Waals surface area contributed by atoms with Gasteiger partial charge in [-0.05, 0) is 24.2 Å². The van der Waals surface area contributed by atoms with Gasteiger partial charge in [0.05, 0.1) is 36.1 Å². The number of methoxy groups -OCH3 is 1. The van der Waals surface area contributed by atoms with Crippen LogP contribution in [-0.2, 0) is 28.1 Å². The van der Waals surface area contributed by atoms with Gasteiger partial charge in [0.1, 0.15) is 44.5 Å². The van der Waals surface area contributed by atoms with Crippen LogP contribution in [0.5, 0.6) is 11.6 Å². The molecular weight excluding hydrogens is 656 g/mol. The molecule has 16 heteroatoms. The number of hydrogen-bond donors (Lipinski definition) is 1. The van der Waals surface area contributed by atoms with E-state index in [1.54, 1.807) is 10.7 Å². The van der Waals surface area contributed by atoms with Gasteiger partial charge in [-0.25, -0.2) is 36.2 Å². The molecule has 0 spiro atoms. The van der Waals surface area contributed by atoms with Crippen LogP contribution in [0.15, 0.2) is 41.6 Å². The first-order valence-corrected chi connectivity index (χ1v) is 23.0. The van der Waals surface area contributed by atoms with Crippen LogP contribution in [-0.4, -0.2) is 58.0 Å². The molecule has 0 aliphatic heterocycles. The van der Waals surface area contributed by atoms with Gasteiger partial charge in [-0.3, -0.25) is 4.72 Å². The fraction of sp³-hybridized carbons (Fsp3) is 0.367. The molecule has 0 unspecified atom stereocenters. The summed E-state index contributed by atoms with van der Waals surface area (Å²) >= 11 is 0. The van der Waals surface area contributed by atoms with Crippen molar-refractivity contribution >= 4 is 42.9 Å². The van der Waals surface area contributed by atoms with Crippen molar-refractivity contribution in [2.45, 2.75) is 63.6 Å². The Bertz CT molecular complexity index is 1920. The third-order valence-corrected chi connectivity index (χ3v) is 10.3. The van der Waals surface area contributed by atoms with Gasteiger partial charge in [0.25, 0.3) is 10.0 Å². The standard InChI is InChI=1S/C30H36F3N5O5SSi2/c1-41-30-27(14-20(31)16-35-30)44(39,40)37-26-9-8-24(32)23(28(26)33)18-43-21-15-22-25(10-12-45(2,3)4)36-38(29(22)34-17-21)19-42-11-13-46(5,6)7/h8-9,14-17,37H,11,13,18-19H2,1-7H3. The van der Waals surface area contributed by atoms with E-state index >= 15 is 4.39 Å². The van der Waals surface area contributed by atoms with Crippen LogP contribution in [0.3, 0.4) is 0 Å². The van der Waals surface area contributed by atoms with Crippen LogP contribution in [0, 0.1) is 28.9 Å². The number of ether oxygens (including phenoxy) is 3. The monoisotopic (exact) mass is 691 g/mol. The third kappa shape index (κ3) is 8.87. The van der Waals surface area contributed by atoms with Gasteiger partial charge in [-0.1, -0.05) is 45.2 Å². The van der Waals surface area contributed by atoms with E-state index < -0.39 is 72.3 Å². The van der Waals surface area contributed by atoms with Crippen LogP contribution >= 0.6 is 0 Å². The van der Waals surface area contributed by atoms with Crippen LogP contribution in [0.25, 0.3) is 11.0 Å². The number of pyridine rings is 2. The lowest BCUT2D eigenvalue weighted by Crippen LogP contribution is -2.22. The predicted molar refractivity (Wildman–Crippen MR) is 174 cm³/mol. The molecule has 3 heterocycles. The summed E-state index contributed by atoms with van der Waals surface area (Å²) in [6.07, 6.45) is 2.16. The maximum Gasteiger partial charge on any atom is 0.267 e. The van der Waals surface area contributed by atoms with Gasteiger partial charge in [-0.15, -0.1) is 5.54 Å². The van der Waals surface area contributed by atoms with E-state index in [9.17, 15) is 17.2 Å². The third-order valence-electron chi connectivity index (χ3n) is 6.41. The SMILES string of the molecule is COc1ncc(F)cc1S(=O)(=O)Nc1ccc(F)c(COc2cnc3c(c2)c(C#C[Si](C)(C)C)nn3COCC[Si](C)(C)C)c1F. The molecule has 10 nitrogen and oxygen atoms in total. The lowest BCUT2D eigenvalue weighted by Gasteiger charge is -2.15. The Hall–Kier alpha value is -3.92. The number of rotatable bonds is 12. The van der Waals surface area contributed by atoms with Gasteiger partial charge < -0.3 is 14.2 Å².